The number of para-hydroxylation sites is 1. The molecule has 1 aliphatic carbocycles. The van der Waals surface area contributed by atoms with Crippen LogP contribution in [0.3, 0.4) is 0 Å². The van der Waals surface area contributed by atoms with E-state index < -0.39 is 0 Å². The number of furan rings is 1. The van der Waals surface area contributed by atoms with Crippen molar-refractivity contribution in [2.24, 2.45) is 0 Å². The summed E-state index contributed by atoms with van der Waals surface area (Å²) in [5, 5.41) is 12.5. The Labute approximate surface area is 312 Å². The number of hydrogen-bond donors (Lipinski definition) is 0. The van der Waals surface area contributed by atoms with E-state index in [1.165, 1.54) is 109 Å². The molecule has 12 rings (SSSR count). The van der Waals surface area contributed by atoms with Crippen molar-refractivity contribution >= 4 is 65.0 Å². The summed E-state index contributed by atoms with van der Waals surface area (Å²) in [6, 6.07) is 67.1. The van der Waals surface area contributed by atoms with E-state index in [4.69, 9.17) is 4.42 Å². The normalized spacial score (nSPS) is 12.4. The van der Waals surface area contributed by atoms with Crippen molar-refractivity contribution in [3.8, 4) is 44.5 Å². The average molecular weight is 685 g/mol. The highest BCUT2D eigenvalue weighted by Crippen LogP contribution is 2.46. The van der Waals surface area contributed by atoms with Crippen LogP contribution in [-0.2, 0) is 6.42 Å². The fourth-order valence-corrected chi connectivity index (χ4v) is 9.30. The molecule has 0 fully saturated rings. The lowest BCUT2D eigenvalue weighted by Crippen LogP contribution is -1.91. The van der Waals surface area contributed by atoms with Crippen molar-refractivity contribution in [2.45, 2.75) is 6.42 Å². The Morgan fingerprint density at radius 2 is 0.833 bits per heavy atom. The minimum absolute atomic E-state index is 0.898. The Balaban J connectivity index is 0.965. The van der Waals surface area contributed by atoms with Gasteiger partial charge in [0.05, 0.1) is 0 Å². The third kappa shape index (κ3) is 4.33. The van der Waals surface area contributed by atoms with E-state index in [1.54, 1.807) is 0 Å². The topological polar surface area (TPSA) is 13.1 Å². The van der Waals surface area contributed by atoms with E-state index in [-0.39, 0.29) is 0 Å². The van der Waals surface area contributed by atoms with E-state index in [0.717, 1.165) is 17.6 Å². The fourth-order valence-electron chi connectivity index (χ4n) is 9.30. The van der Waals surface area contributed by atoms with Crippen LogP contribution in [-0.4, -0.2) is 0 Å². The summed E-state index contributed by atoms with van der Waals surface area (Å²) in [7, 11) is 0. The molecule has 54 heavy (non-hydrogen) atoms. The Morgan fingerprint density at radius 3 is 1.52 bits per heavy atom. The zero-order valence-electron chi connectivity index (χ0n) is 29.4. The Hall–Kier alpha value is -6.96. The molecule has 0 unspecified atom stereocenters. The van der Waals surface area contributed by atoms with Gasteiger partial charge in [-0.25, -0.2) is 0 Å². The van der Waals surface area contributed by atoms with Gasteiger partial charge in [0.15, 0.2) is 0 Å². The van der Waals surface area contributed by atoms with Crippen LogP contribution in [0.15, 0.2) is 186 Å². The molecule has 0 bridgehead atoms. The quantitative estimate of drug-likeness (QED) is 0.169. The van der Waals surface area contributed by atoms with Crippen LogP contribution in [0.2, 0.25) is 0 Å². The Kier molecular flexibility index (Phi) is 6.18. The van der Waals surface area contributed by atoms with Gasteiger partial charge in [0, 0.05) is 22.8 Å². The van der Waals surface area contributed by atoms with Crippen molar-refractivity contribution in [3.63, 3.8) is 0 Å². The van der Waals surface area contributed by atoms with Gasteiger partial charge in [-0.2, -0.15) is 0 Å². The van der Waals surface area contributed by atoms with E-state index >= 15 is 0 Å². The van der Waals surface area contributed by atoms with E-state index in [9.17, 15) is 0 Å². The summed E-state index contributed by atoms with van der Waals surface area (Å²) in [5.41, 5.74) is 14.8. The Bertz CT molecular complexity index is 3300. The largest absolute Gasteiger partial charge is 0.456 e. The maximum atomic E-state index is 6.42. The molecular formula is C53H32O. The molecule has 0 atom stereocenters. The molecule has 0 saturated carbocycles. The van der Waals surface area contributed by atoms with Gasteiger partial charge in [0.25, 0.3) is 0 Å². The molecular weight excluding hydrogens is 653 g/mol. The van der Waals surface area contributed by atoms with Gasteiger partial charge >= 0.3 is 0 Å². The monoisotopic (exact) mass is 684 g/mol. The zero-order chi connectivity index (χ0) is 35.3. The molecule has 0 amide bonds. The molecule has 1 aliphatic rings. The lowest BCUT2D eigenvalue weighted by molar-refractivity contribution is 0.665. The Morgan fingerprint density at radius 1 is 0.333 bits per heavy atom. The molecule has 10 aromatic carbocycles. The van der Waals surface area contributed by atoms with Crippen LogP contribution in [0.4, 0.5) is 0 Å². The molecule has 1 heteroatoms. The van der Waals surface area contributed by atoms with Crippen LogP contribution in [0.1, 0.15) is 11.1 Å². The summed E-state index contributed by atoms with van der Waals surface area (Å²) >= 11 is 0. The lowest BCUT2D eigenvalue weighted by atomic mass is 9.85. The van der Waals surface area contributed by atoms with Crippen molar-refractivity contribution < 1.29 is 4.42 Å². The number of rotatable bonds is 3. The summed E-state index contributed by atoms with van der Waals surface area (Å²) in [5.74, 6) is 0. The number of fused-ring (bicyclic) bond motifs is 11. The molecule has 11 aromatic rings. The van der Waals surface area contributed by atoms with E-state index in [2.05, 4.69) is 176 Å². The minimum Gasteiger partial charge on any atom is -0.456 e. The number of hydrogen-bond acceptors (Lipinski definition) is 1. The third-order valence-corrected chi connectivity index (χ3v) is 11.8. The van der Waals surface area contributed by atoms with E-state index in [1.807, 2.05) is 6.07 Å². The van der Waals surface area contributed by atoms with Gasteiger partial charge < -0.3 is 4.42 Å². The highest BCUT2D eigenvalue weighted by molar-refractivity contribution is 6.22. The molecule has 250 valence electrons. The summed E-state index contributed by atoms with van der Waals surface area (Å²) in [6.07, 6.45) is 0.898. The van der Waals surface area contributed by atoms with Gasteiger partial charge in [-0.1, -0.05) is 146 Å². The predicted molar refractivity (Wildman–Crippen MR) is 228 cm³/mol. The second-order valence-electron chi connectivity index (χ2n) is 14.8. The minimum atomic E-state index is 0.898. The van der Waals surface area contributed by atoms with Gasteiger partial charge in [0.2, 0.25) is 0 Å². The van der Waals surface area contributed by atoms with Crippen molar-refractivity contribution in [3.05, 3.63) is 193 Å². The maximum Gasteiger partial charge on any atom is 0.139 e. The average Bonchev–Trinajstić information content (AvgIpc) is 3.80. The van der Waals surface area contributed by atoms with Crippen LogP contribution < -0.4 is 0 Å². The summed E-state index contributed by atoms with van der Waals surface area (Å²) in [6.45, 7) is 0. The van der Waals surface area contributed by atoms with Gasteiger partial charge in [0.1, 0.15) is 11.2 Å². The van der Waals surface area contributed by atoms with Gasteiger partial charge in [-0.3, -0.25) is 0 Å². The van der Waals surface area contributed by atoms with Crippen LogP contribution in [0, 0.1) is 0 Å². The summed E-state index contributed by atoms with van der Waals surface area (Å²) < 4.78 is 6.42. The third-order valence-electron chi connectivity index (χ3n) is 11.8. The molecule has 0 radical (unpaired) electrons. The second kappa shape index (κ2) is 11.3. The zero-order valence-corrected chi connectivity index (χ0v) is 29.4. The molecule has 1 heterocycles. The molecule has 1 aromatic heterocycles. The molecule has 0 saturated heterocycles. The van der Waals surface area contributed by atoms with Crippen molar-refractivity contribution in [2.75, 3.05) is 0 Å². The SMILES string of the molecule is c1ccc2cc(-c3c4ccccc4c(-c4ccc5cc(-c6ccc7c(c6)-c6ccc8c(oc9ccccc98)c6C7)ccc5c4)c4ccccc34)ccc2c1. The van der Waals surface area contributed by atoms with Crippen LogP contribution in [0.5, 0.6) is 0 Å². The van der Waals surface area contributed by atoms with E-state index in [0.29, 0.717) is 0 Å². The first-order chi connectivity index (χ1) is 26.7. The first-order valence-corrected chi connectivity index (χ1v) is 18.8. The number of benzene rings is 10. The molecule has 0 aliphatic heterocycles. The van der Waals surface area contributed by atoms with Gasteiger partial charge in [-0.05, 0) is 130 Å². The maximum absolute atomic E-state index is 6.42. The summed E-state index contributed by atoms with van der Waals surface area (Å²) in [4.78, 5) is 0. The van der Waals surface area contributed by atoms with Crippen molar-refractivity contribution in [1.29, 1.82) is 0 Å². The fraction of sp³-hybridized carbons (Fsp3) is 0.0189. The molecule has 0 spiro atoms. The van der Waals surface area contributed by atoms with Crippen LogP contribution >= 0.6 is 0 Å². The highest BCUT2D eigenvalue weighted by Gasteiger charge is 2.24. The second-order valence-corrected chi connectivity index (χ2v) is 14.8. The first-order valence-electron chi connectivity index (χ1n) is 18.8. The molecule has 1 nitrogen and oxygen atoms in total. The highest BCUT2D eigenvalue weighted by atomic mass is 16.3. The predicted octanol–water partition coefficient (Wildman–Crippen LogP) is 14.8. The first kappa shape index (κ1) is 29.6. The lowest BCUT2D eigenvalue weighted by Gasteiger charge is -2.18. The smallest absolute Gasteiger partial charge is 0.139 e. The standard InChI is InChI=1S/C53H32O/c1-2-10-33-28-39(23-17-32(33)9-1)51-43-12-3-5-14-45(43)52(46-15-6-4-13-44(46)51)40-24-21-34-27-35(18-19-36(34)29-40)37-20-22-38-31-49-41(48(38)30-37)25-26-47-42-11-7-8-16-50(42)54-53(47)49/h1-30H,31H2. The molecule has 0 N–H and O–H groups in total. The van der Waals surface area contributed by atoms with Crippen molar-refractivity contribution in [1.82, 2.24) is 0 Å². The van der Waals surface area contributed by atoms with Crippen LogP contribution in [0.25, 0.3) is 110 Å². The van der Waals surface area contributed by atoms with Gasteiger partial charge in [-0.15, -0.1) is 0 Å².